The van der Waals surface area contributed by atoms with Gasteiger partial charge in [0.15, 0.2) is 5.65 Å². The van der Waals surface area contributed by atoms with Crippen molar-refractivity contribution in [1.82, 2.24) is 25.2 Å². The number of hydrogen-bond donors (Lipinski definition) is 3. The molecule has 0 unspecified atom stereocenters. The van der Waals surface area contributed by atoms with Gasteiger partial charge in [0.25, 0.3) is 5.91 Å². The van der Waals surface area contributed by atoms with Gasteiger partial charge in [-0.25, -0.2) is 9.78 Å². The fraction of sp³-hybridized carbons (Fsp3) is 0.200. The van der Waals surface area contributed by atoms with E-state index in [0.29, 0.717) is 28.1 Å². The maximum absolute atomic E-state index is 11.9. The van der Waals surface area contributed by atoms with Gasteiger partial charge in [-0.3, -0.25) is 10.1 Å². The molecule has 5 rings (SSSR count). The number of aromatic nitrogens is 3. The number of fused-ring (bicyclic) bond motifs is 1. The Morgan fingerprint density at radius 3 is 2.80 bits per heavy atom. The Kier molecular flexibility index (Phi) is 4.32. The summed E-state index contributed by atoms with van der Waals surface area (Å²) in [5, 5.41) is 13.2. The van der Waals surface area contributed by atoms with Crippen molar-refractivity contribution in [2.45, 2.75) is 18.9 Å². The van der Waals surface area contributed by atoms with Gasteiger partial charge in [0.05, 0.1) is 6.20 Å². The van der Waals surface area contributed by atoms with E-state index in [-0.39, 0.29) is 5.70 Å². The van der Waals surface area contributed by atoms with Gasteiger partial charge >= 0.3 is 6.03 Å². The number of carbonyl (C=O) groups excluding carboxylic acids is 2. The van der Waals surface area contributed by atoms with Crippen LogP contribution in [0.1, 0.15) is 18.4 Å². The number of hydrogen-bond acceptors (Lipinski definition) is 6. The molecule has 2 aliphatic rings. The van der Waals surface area contributed by atoms with Crippen LogP contribution < -0.4 is 20.9 Å². The van der Waals surface area contributed by atoms with Gasteiger partial charge in [-0.05, 0) is 37.1 Å². The fourth-order valence-electron chi connectivity index (χ4n) is 3.24. The van der Waals surface area contributed by atoms with Gasteiger partial charge in [-0.15, -0.1) is 0 Å². The SMILES string of the molecule is CN(c1cccc(Cl)c1)c1cc(NC2CC2)n2ncc(/C=C3/NC(=O)NC3=O)c2n1. The molecule has 3 aromatic rings. The van der Waals surface area contributed by atoms with Crippen molar-refractivity contribution in [2.75, 3.05) is 17.3 Å². The van der Waals surface area contributed by atoms with Crippen LogP contribution in [-0.4, -0.2) is 39.6 Å². The van der Waals surface area contributed by atoms with E-state index in [2.05, 4.69) is 21.0 Å². The zero-order valence-corrected chi connectivity index (χ0v) is 16.8. The zero-order chi connectivity index (χ0) is 20.8. The van der Waals surface area contributed by atoms with Gasteiger partial charge < -0.3 is 15.5 Å². The molecule has 30 heavy (non-hydrogen) atoms. The molecule has 9 nitrogen and oxygen atoms in total. The maximum Gasteiger partial charge on any atom is 0.326 e. The molecule has 152 valence electrons. The quantitative estimate of drug-likeness (QED) is 0.430. The Morgan fingerprint density at radius 2 is 2.10 bits per heavy atom. The number of nitrogens with one attached hydrogen (secondary N) is 3. The molecule has 1 aromatic carbocycles. The van der Waals surface area contributed by atoms with Crippen molar-refractivity contribution in [3.05, 3.63) is 52.8 Å². The Labute approximate surface area is 176 Å². The standard InChI is InChI=1S/C20H18ClN7O2/c1-27(14-4-2-3-12(21)8-14)16-9-17(23-13-5-6-13)28-18(25-16)11(10-22-28)7-15-19(29)26-20(30)24-15/h2-4,7-10,13,23H,5-6H2,1H3,(H2,24,26,29,30)/b15-7+. The number of nitrogens with zero attached hydrogens (tertiary/aromatic N) is 4. The van der Waals surface area contributed by atoms with E-state index in [4.69, 9.17) is 16.6 Å². The second kappa shape index (κ2) is 7.03. The molecule has 0 radical (unpaired) electrons. The van der Waals surface area contributed by atoms with Gasteiger partial charge in [0, 0.05) is 35.4 Å². The van der Waals surface area contributed by atoms with Crippen LogP contribution in [0, 0.1) is 0 Å². The monoisotopic (exact) mass is 423 g/mol. The zero-order valence-electron chi connectivity index (χ0n) is 16.0. The highest BCUT2D eigenvalue weighted by atomic mass is 35.5. The molecule has 10 heteroatoms. The predicted molar refractivity (Wildman–Crippen MR) is 114 cm³/mol. The Morgan fingerprint density at radius 1 is 1.27 bits per heavy atom. The molecule has 3 heterocycles. The molecule has 1 aliphatic heterocycles. The molecular weight excluding hydrogens is 406 g/mol. The topological polar surface area (TPSA) is 104 Å². The fourth-order valence-corrected chi connectivity index (χ4v) is 3.42. The van der Waals surface area contributed by atoms with E-state index in [1.54, 1.807) is 16.8 Å². The van der Waals surface area contributed by atoms with Crippen molar-refractivity contribution in [3.8, 4) is 0 Å². The van der Waals surface area contributed by atoms with Crippen molar-refractivity contribution in [3.63, 3.8) is 0 Å². The van der Waals surface area contributed by atoms with Gasteiger partial charge in [0.1, 0.15) is 17.3 Å². The molecular formula is C20H18ClN7O2. The largest absolute Gasteiger partial charge is 0.367 e. The molecule has 1 aliphatic carbocycles. The first kappa shape index (κ1) is 18.4. The summed E-state index contributed by atoms with van der Waals surface area (Å²) in [6.07, 6.45) is 5.40. The van der Waals surface area contributed by atoms with Crippen LogP contribution in [-0.2, 0) is 4.79 Å². The number of amides is 3. The summed E-state index contributed by atoms with van der Waals surface area (Å²) in [6.45, 7) is 0. The number of urea groups is 1. The van der Waals surface area contributed by atoms with Crippen molar-refractivity contribution < 1.29 is 9.59 Å². The number of benzene rings is 1. The minimum Gasteiger partial charge on any atom is -0.367 e. The van der Waals surface area contributed by atoms with Crippen LogP contribution in [0.4, 0.5) is 22.1 Å². The van der Waals surface area contributed by atoms with E-state index in [1.807, 2.05) is 42.3 Å². The highest BCUT2D eigenvalue weighted by molar-refractivity contribution is 6.30. The molecule has 0 spiro atoms. The van der Waals surface area contributed by atoms with Gasteiger partial charge in [-0.2, -0.15) is 9.61 Å². The summed E-state index contributed by atoms with van der Waals surface area (Å²) in [4.78, 5) is 30.0. The summed E-state index contributed by atoms with van der Waals surface area (Å²) in [7, 11) is 1.91. The Hall–Kier alpha value is -3.59. The van der Waals surface area contributed by atoms with Crippen molar-refractivity contribution in [1.29, 1.82) is 0 Å². The lowest BCUT2D eigenvalue weighted by molar-refractivity contribution is -0.115. The summed E-state index contributed by atoms with van der Waals surface area (Å²) < 4.78 is 1.70. The van der Waals surface area contributed by atoms with E-state index in [9.17, 15) is 9.59 Å². The third kappa shape index (κ3) is 3.43. The second-order valence-corrected chi connectivity index (χ2v) is 7.70. The van der Waals surface area contributed by atoms with Crippen LogP contribution >= 0.6 is 11.6 Å². The molecule has 0 atom stereocenters. The first-order valence-electron chi connectivity index (χ1n) is 9.46. The maximum atomic E-state index is 11.9. The average molecular weight is 424 g/mol. The molecule has 3 amide bonds. The minimum absolute atomic E-state index is 0.155. The number of halogens is 1. The van der Waals surface area contributed by atoms with E-state index in [1.165, 1.54) is 0 Å². The molecule has 0 bridgehead atoms. The van der Waals surface area contributed by atoms with Crippen LogP contribution in [0.3, 0.4) is 0 Å². The number of imide groups is 1. The summed E-state index contributed by atoms with van der Waals surface area (Å²) in [5.41, 5.74) is 2.22. The van der Waals surface area contributed by atoms with Crippen molar-refractivity contribution in [2.24, 2.45) is 0 Å². The molecule has 2 aromatic heterocycles. The number of rotatable bonds is 5. The summed E-state index contributed by atoms with van der Waals surface area (Å²) in [5.74, 6) is 1.01. The second-order valence-electron chi connectivity index (χ2n) is 7.26. The third-order valence-electron chi connectivity index (χ3n) is 4.97. The van der Waals surface area contributed by atoms with E-state index < -0.39 is 11.9 Å². The molecule has 3 N–H and O–H groups in total. The molecule has 1 saturated carbocycles. The van der Waals surface area contributed by atoms with Crippen LogP contribution in [0.5, 0.6) is 0 Å². The predicted octanol–water partition coefficient (Wildman–Crippen LogP) is 2.91. The summed E-state index contributed by atoms with van der Waals surface area (Å²) >= 11 is 6.15. The first-order valence-corrected chi connectivity index (χ1v) is 9.84. The number of carbonyl (C=O) groups is 2. The first-order chi connectivity index (χ1) is 14.5. The highest BCUT2D eigenvalue weighted by Gasteiger charge is 2.25. The molecule has 2 fully saturated rings. The highest BCUT2D eigenvalue weighted by Crippen LogP contribution is 2.31. The minimum atomic E-state index is -0.548. The smallest absolute Gasteiger partial charge is 0.326 e. The van der Waals surface area contributed by atoms with Crippen LogP contribution in [0.15, 0.2) is 42.2 Å². The lowest BCUT2D eigenvalue weighted by Gasteiger charge is -2.20. The Balaban J connectivity index is 1.61. The third-order valence-corrected chi connectivity index (χ3v) is 5.21. The van der Waals surface area contributed by atoms with Crippen LogP contribution in [0.25, 0.3) is 11.7 Å². The summed E-state index contributed by atoms with van der Waals surface area (Å²) in [6, 6.07) is 9.30. The van der Waals surface area contributed by atoms with E-state index in [0.717, 1.165) is 24.3 Å². The number of anilines is 3. The molecule has 1 saturated heterocycles. The van der Waals surface area contributed by atoms with Crippen molar-refractivity contribution >= 4 is 52.6 Å². The average Bonchev–Trinajstić information content (AvgIpc) is 3.35. The van der Waals surface area contributed by atoms with Gasteiger partial charge in [-0.1, -0.05) is 17.7 Å². The van der Waals surface area contributed by atoms with Gasteiger partial charge in [0.2, 0.25) is 0 Å². The Bertz CT molecular complexity index is 1220. The normalized spacial score (nSPS) is 17.3. The van der Waals surface area contributed by atoms with Crippen LogP contribution in [0.2, 0.25) is 5.02 Å². The lowest BCUT2D eigenvalue weighted by Crippen LogP contribution is -2.22. The van der Waals surface area contributed by atoms with E-state index >= 15 is 0 Å². The lowest BCUT2D eigenvalue weighted by atomic mass is 10.2.